The number of hydrogen-bond donors (Lipinski definition) is 3. The number of aliphatic hydroxyl groups is 2. The Bertz CT molecular complexity index is 1050. The molecule has 206 valence electrons. The van der Waals surface area contributed by atoms with Crippen LogP contribution < -0.4 is 5.32 Å². The number of carbonyl (C=O) groups excluding carboxylic acids is 2. The quantitative estimate of drug-likeness (QED) is 0.386. The van der Waals surface area contributed by atoms with Crippen LogP contribution in [0.15, 0.2) is 54.6 Å². The zero-order valence-electron chi connectivity index (χ0n) is 22.9. The summed E-state index contributed by atoms with van der Waals surface area (Å²) in [5.41, 5.74) is 3.02. The number of nitrogens with zero attached hydrogens (tertiary/aromatic N) is 1. The highest BCUT2D eigenvalue weighted by Crippen LogP contribution is 2.32. The lowest BCUT2D eigenvalue weighted by molar-refractivity contribution is -0.134. The molecule has 2 aliphatic rings. The Kier molecular flexibility index (Phi) is 9.97. The topological polar surface area (TPSA) is 89.9 Å². The van der Waals surface area contributed by atoms with Crippen molar-refractivity contribution in [2.24, 2.45) is 17.8 Å². The molecule has 1 fully saturated rings. The van der Waals surface area contributed by atoms with Crippen molar-refractivity contribution in [3.05, 3.63) is 71.3 Å². The predicted molar refractivity (Wildman–Crippen MR) is 149 cm³/mol. The number of hydrogen-bond acceptors (Lipinski definition) is 4. The van der Waals surface area contributed by atoms with Gasteiger partial charge in [-0.05, 0) is 54.2 Å². The van der Waals surface area contributed by atoms with Crippen LogP contribution in [0.3, 0.4) is 0 Å². The van der Waals surface area contributed by atoms with Crippen LogP contribution in [0, 0.1) is 17.8 Å². The average Bonchev–Trinajstić information content (AvgIpc) is 3.51. The first-order valence-electron chi connectivity index (χ1n) is 14.4. The maximum atomic E-state index is 13.6. The summed E-state index contributed by atoms with van der Waals surface area (Å²) >= 11 is 0. The van der Waals surface area contributed by atoms with Gasteiger partial charge in [0.2, 0.25) is 11.8 Å². The number of rotatable bonds is 12. The van der Waals surface area contributed by atoms with Crippen molar-refractivity contribution in [3.63, 3.8) is 0 Å². The number of amides is 2. The molecule has 6 nitrogen and oxygen atoms in total. The molecule has 2 amide bonds. The van der Waals surface area contributed by atoms with Gasteiger partial charge in [-0.25, -0.2) is 0 Å². The summed E-state index contributed by atoms with van der Waals surface area (Å²) in [7, 11) is 0. The highest BCUT2D eigenvalue weighted by molar-refractivity contribution is 5.80. The van der Waals surface area contributed by atoms with Crippen LogP contribution in [0.4, 0.5) is 0 Å². The van der Waals surface area contributed by atoms with Crippen molar-refractivity contribution < 1.29 is 19.8 Å². The molecule has 2 aliphatic carbocycles. The minimum atomic E-state index is -0.818. The van der Waals surface area contributed by atoms with E-state index in [0.717, 1.165) is 29.5 Å². The third kappa shape index (κ3) is 7.67. The molecule has 4 rings (SSSR count). The lowest BCUT2D eigenvalue weighted by Crippen LogP contribution is -2.43. The zero-order valence-corrected chi connectivity index (χ0v) is 22.9. The molecule has 0 aliphatic heterocycles. The van der Waals surface area contributed by atoms with Gasteiger partial charge in [-0.1, -0.05) is 81.3 Å². The fourth-order valence-electron chi connectivity index (χ4n) is 6.17. The maximum absolute atomic E-state index is 13.6. The fourth-order valence-corrected chi connectivity index (χ4v) is 6.17. The Morgan fingerprint density at radius 3 is 2.39 bits per heavy atom. The minimum Gasteiger partial charge on any atom is -0.391 e. The lowest BCUT2D eigenvalue weighted by Gasteiger charge is -2.30. The van der Waals surface area contributed by atoms with Crippen LogP contribution in [-0.2, 0) is 22.4 Å². The second-order valence-corrected chi connectivity index (χ2v) is 11.8. The van der Waals surface area contributed by atoms with Crippen molar-refractivity contribution in [1.82, 2.24) is 10.2 Å². The molecule has 3 N–H and O–H groups in total. The van der Waals surface area contributed by atoms with Crippen LogP contribution in [0.25, 0.3) is 0 Å². The van der Waals surface area contributed by atoms with E-state index in [1.165, 1.54) is 12.8 Å². The summed E-state index contributed by atoms with van der Waals surface area (Å²) in [6, 6.07) is 17.2. The summed E-state index contributed by atoms with van der Waals surface area (Å²) in [6.07, 6.45) is 4.91. The molecule has 0 aromatic heterocycles. The summed E-state index contributed by atoms with van der Waals surface area (Å²) in [4.78, 5) is 28.6. The molecule has 1 unspecified atom stereocenters. The molecular weight excluding hydrogens is 476 g/mol. The molecular formula is C32H44N2O4. The third-order valence-corrected chi connectivity index (χ3v) is 8.06. The first-order valence-corrected chi connectivity index (χ1v) is 14.4. The van der Waals surface area contributed by atoms with E-state index in [0.29, 0.717) is 37.6 Å². The van der Waals surface area contributed by atoms with E-state index in [2.05, 4.69) is 19.2 Å². The largest absolute Gasteiger partial charge is 0.391 e. The van der Waals surface area contributed by atoms with Gasteiger partial charge < -0.3 is 20.4 Å². The van der Waals surface area contributed by atoms with Crippen LogP contribution in [0.2, 0.25) is 0 Å². The molecule has 0 spiro atoms. The van der Waals surface area contributed by atoms with Crippen LogP contribution in [0.5, 0.6) is 0 Å². The SMILES string of the molecule is CC(C)CN(C[C@@H](O)C[C@@H](Cc1ccccc1)C(=O)NC1c2ccccc2C[C@H]1O)C(=O)CC1CCCC1. The Hall–Kier alpha value is -2.70. The molecule has 0 radical (unpaired) electrons. The van der Waals surface area contributed by atoms with Crippen LogP contribution in [0.1, 0.15) is 75.1 Å². The predicted octanol–water partition coefficient (Wildman–Crippen LogP) is 4.44. The Morgan fingerprint density at radius 1 is 1.00 bits per heavy atom. The average molecular weight is 521 g/mol. The summed E-state index contributed by atoms with van der Waals surface area (Å²) in [5.74, 6) is 0.188. The van der Waals surface area contributed by atoms with E-state index < -0.39 is 24.2 Å². The van der Waals surface area contributed by atoms with E-state index in [4.69, 9.17) is 0 Å². The maximum Gasteiger partial charge on any atom is 0.224 e. The van der Waals surface area contributed by atoms with Crippen molar-refractivity contribution in [3.8, 4) is 0 Å². The lowest BCUT2D eigenvalue weighted by atomic mass is 9.91. The van der Waals surface area contributed by atoms with Gasteiger partial charge in [-0.2, -0.15) is 0 Å². The van der Waals surface area contributed by atoms with Gasteiger partial charge in [0.05, 0.1) is 18.2 Å². The molecule has 4 atom stereocenters. The van der Waals surface area contributed by atoms with E-state index >= 15 is 0 Å². The first-order chi connectivity index (χ1) is 18.3. The third-order valence-electron chi connectivity index (χ3n) is 8.06. The standard InChI is InChI=1S/C32H44N2O4/c1-22(2)20-34(30(37)17-24-12-6-7-13-24)21-27(35)18-26(16-23-10-4-3-5-11-23)32(38)33-31-28-15-9-8-14-25(28)19-29(31)36/h3-5,8-11,14-15,22,24,26-27,29,31,35-36H,6-7,12-13,16-21H2,1-2H3,(H,33,38)/t26-,27+,29-,31?/m1/s1. The molecule has 6 heteroatoms. The van der Waals surface area contributed by atoms with Gasteiger partial charge in [-0.3, -0.25) is 9.59 Å². The van der Waals surface area contributed by atoms with Gasteiger partial charge in [-0.15, -0.1) is 0 Å². The zero-order chi connectivity index (χ0) is 27.1. The minimum absolute atomic E-state index is 0.111. The number of benzene rings is 2. The first kappa shape index (κ1) is 28.3. The van der Waals surface area contributed by atoms with Crippen molar-refractivity contribution in [2.75, 3.05) is 13.1 Å². The van der Waals surface area contributed by atoms with E-state index in [9.17, 15) is 19.8 Å². The van der Waals surface area contributed by atoms with Gasteiger partial charge in [0.25, 0.3) is 0 Å². The van der Waals surface area contributed by atoms with E-state index in [1.54, 1.807) is 0 Å². The summed E-state index contributed by atoms with van der Waals surface area (Å²) in [6.45, 7) is 5.00. The van der Waals surface area contributed by atoms with Crippen molar-refractivity contribution >= 4 is 11.8 Å². The van der Waals surface area contributed by atoms with Crippen LogP contribution in [-0.4, -0.2) is 52.2 Å². The number of carbonyl (C=O) groups is 2. The monoisotopic (exact) mass is 520 g/mol. The Labute approximate surface area is 227 Å². The molecule has 0 heterocycles. The number of nitrogens with one attached hydrogen (secondary N) is 1. The Morgan fingerprint density at radius 2 is 1.68 bits per heavy atom. The summed E-state index contributed by atoms with van der Waals surface area (Å²) < 4.78 is 0. The number of aliphatic hydroxyl groups excluding tert-OH is 2. The molecule has 1 saturated carbocycles. The van der Waals surface area contributed by atoms with E-state index in [-0.39, 0.29) is 24.8 Å². The second-order valence-electron chi connectivity index (χ2n) is 11.8. The molecule has 2 aromatic carbocycles. The smallest absolute Gasteiger partial charge is 0.224 e. The van der Waals surface area contributed by atoms with Gasteiger partial charge in [0, 0.05) is 31.8 Å². The fraction of sp³-hybridized carbons (Fsp3) is 0.562. The summed E-state index contributed by atoms with van der Waals surface area (Å²) in [5, 5.41) is 25.0. The highest BCUT2D eigenvalue weighted by atomic mass is 16.3. The van der Waals surface area contributed by atoms with Gasteiger partial charge >= 0.3 is 0 Å². The highest BCUT2D eigenvalue weighted by Gasteiger charge is 2.34. The molecule has 2 aromatic rings. The molecule has 0 saturated heterocycles. The normalized spacial score (nSPS) is 20.8. The van der Waals surface area contributed by atoms with Crippen molar-refractivity contribution in [2.45, 2.75) is 83.5 Å². The molecule has 38 heavy (non-hydrogen) atoms. The van der Waals surface area contributed by atoms with Gasteiger partial charge in [0.1, 0.15) is 0 Å². The second kappa shape index (κ2) is 13.4. The molecule has 0 bridgehead atoms. The van der Waals surface area contributed by atoms with Crippen molar-refractivity contribution in [1.29, 1.82) is 0 Å². The number of fused-ring (bicyclic) bond motifs is 1. The Balaban J connectivity index is 1.45. The van der Waals surface area contributed by atoms with Gasteiger partial charge in [0.15, 0.2) is 0 Å². The van der Waals surface area contributed by atoms with Crippen LogP contribution >= 0.6 is 0 Å². The van der Waals surface area contributed by atoms with E-state index in [1.807, 2.05) is 59.5 Å².